The molecule has 0 rings (SSSR count). The fraction of sp³-hybridized carbons (Fsp3) is 0.375. The second kappa shape index (κ2) is 6.82. The van der Waals surface area contributed by atoms with Crippen LogP contribution in [0.2, 0.25) is 0 Å². The summed E-state index contributed by atoms with van der Waals surface area (Å²) >= 11 is 4.96. The van der Waals surface area contributed by atoms with E-state index in [1.165, 1.54) is 0 Å². The first kappa shape index (κ1) is 11.1. The Hall–Kier alpha value is -0.870. The van der Waals surface area contributed by atoms with Gasteiger partial charge in [-0.05, 0) is 12.2 Å². The van der Waals surface area contributed by atoms with E-state index in [4.69, 9.17) is 17.3 Å². The van der Waals surface area contributed by atoms with Gasteiger partial charge >= 0.3 is 0 Å². The lowest BCUT2D eigenvalue weighted by molar-refractivity contribution is 0.280. The van der Waals surface area contributed by atoms with Gasteiger partial charge in [0.15, 0.2) is 5.11 Å². The molecule has 3 nitrogen and oxygen atoms in total. The summed E-state index contributed by atoms with van der Waals surface area (Å²) in [5.74, 6) is 0. The Kier molecular flexibility index (Phi) is 6.32. The van der Waals surface area contributed by atoms with Gasteiger partial charge in [-0.2, -0.15) is 0 Å². The highest BCUT2D eigenvalue weighted by Crippen LogP contribution is 1.90. The second-order valence-electron chi connectivity index (χ2n) is 2.12. The molecule has 0 radical (unpaired) electrons. The zero-order valence-corrected chi connectivity index (χ0v) is 7.81. The Morgan fingerprint density at radius 1 is 1.42 bits per heavy atom. The topological polar surface area (TPSA) is 35.5 Å². The van der Waals surface area contributed by atoms with Crippen molar-refractivity contribution in [2.24, 2.45) is 0 Å². The lowest BCUT2D eigenvalue weighted by Gasteiger charge is -2.21. The molecule has 0 aromatic carbocycles. The number of thiocarbonyl (C=S) groups is 1. The summed E-state index contributed by atoms with van der Waals surface area (Å²) < 4.78 is 0. The quantitative estimate of drug-likeness (QED) is 0.372. The minimum atomic E-state index is -0.149. The fourth-order valence-electron chi connectivity index (χ4n) is 0.731. The van der Waals surface area contributed by atoms with E-state index in [1.54, 1.807) is 12.2 Å². The highest BCUT2D eigenvalue weighted by atomic mass is 32.1. The van der Waals surface area contributed by atoms with E-state index in [0.717, 1.165) is 0 Å². The predicted molar refractivity (Wildman–Crippen MR) is 54.8 cm³/mol. The standard InChI is InChI=1S/C8H14N2OS/c1-3-5-10(6-4-2)8(12)9-7-11/h3-4,11H,1-2,5-7H2,(H,9,12). The Morgan fingerprint density at radius 2 is 1.92 bits per heavy atom. The number of nitrogens with one attached hydrogen (secondary N) is 1. The molecule has 0 bridgehead atoms. The molecule has 0 aliphatic rings. The summed E-state index contributed by atoms with van der Waals surface area (Å²) in [6.07, 6.45) is 3.49. The number of aliphatic hydroxyl groups excluding tert-OH is 1. The van der Waals surface area contributed by atoms with Crippen molar-refractivity contribution in [3.8, 4) is 0 Å². The lowest BCUT2D eigenvalue weighted by Crippen LogP contribution is -2.40. The van der Waals surface area contributed by atoms with Crippen LogP contribution >= 0.6 is 12.2 Å². The number of nitrogens with zero attached hydrogens (tertiary/aromatic N) is 1. The van der Waals surface area contributed by atoms with E-state index < -0.39 is 0 Å². The molecule has 0 heterocycles. The maximum Gasteiger partial charge on any atom is 0.171 e. The van der Waals surface area contributed by atoms with Crippen molar-refractivity contribution < 1.29 is 5.11 Å². The van der Waals surface area contributed by atoms with Crippen molar-refractivity contribution >= 4 is 17.3 Å². The zero-order valence-electron chi connectivity index (χ0n) is 6.99. The summed E-state index contributed by atoms with van der Waals surface area (Å²) in [5, 5.41) is 11.7. The van der Waals surface area contributed by atoms with Gasteiger partial charge in [0.05, 0.1) is 0 Å². The first-order valence-corrected chi connectivity index (χ1v) is 4.02. The van der Waals surface area contributed by atoms with Crippen LogP contribution in [0.4, 0.5) is 0 Å². The minimum Gasteiger partial charge on any atom is -0.377 e. The van der Waals surface area contributed by atoms with Gasteiger partial charge in [0.2, 0.25) is 0 Å². The van der Waals surface area contributed by atoms with Crippen LogP contribution < -0.4 is 5.32 Å². The second-order valence-corrected chi connectivity index (χ2v) is 2.51. The molecule has 0 saturated heterocycles. The van der Waals surface area contributed by atoms with Crippen LogP contribution in [0.5, 0.6) is 0 Å². The monoisotopic (exact) mass is 186 g/mol. The third-order valence-electron chi connectivity index (χ3n) is 1.22. The molecule has 0 atom stereocenters. The van der Waals surface area contributed by atoms with E-state index in [9.17, 15) is 0 Å². The summed E-state index contributed by atoms with van der Waals surface area (Å²) in [4.78, 5) is 1.84. The average molecular weight is 186 g/mol. The van der Waals surface area contributed by atoms with Crippen molar-refractivity contribution in [3.05, 3.63) is 25.3 Å². The molecule has 4 heteroatoms. The van der Waals surface area contributed by atoms with Crippen molar-refractivity contribution in [3.63, 3.8) is 0 Å². The van der Waals surface area contributed by atoms with E-state index in [2.05, 4.69) is 18.5 Å². The first-order valence-electron chi connectivity index (χ1n) is 3.61. The molecular weight excluding hydrogens is 172 g/mol. The smallest absolute Gasteiger partial charge is 0.171 e. The molecule has 0 saturated carbocycles. The van der Waals surface area contributed by atoms with Gasteiger partial charge in [-0.3, -0.25) is 0 Å². The van der Waals surface area contributed by atoms with Gasteiger partial charge in [-0.25, -0.2) is 0 Å². The molecule has 0 spiro atoms. The van der Waals surface area contributed by atoms with Crippen LogP contribution in [0.15, 0.2) is 25.3 Å². The van der Waals surface area contributed by atoms with Gasteiger partial charge in [-0.1, -0.05) is 12.2 Å². The molecule has 0 aliphatic heterocycles. The Balaban J connectivity index is 3.97. The number of rotatable bonds is 5. The van der Waals surface area contributed by atoms with Crippen molar-refractivity contribution in [2.45, 2.75) is 0 Å². The summed E-state index contributed by atoms with van der Waals surface area (Å²) in [5.41, 5.74) is 0. The highest BCUT2D eigenvalue weighted by Gasteiger charge is 2.03. The number of aliphatic hydroxyl groups is 1. The summed E-state index contributed by atoms with van der Waals surface area (Å²) in [6, 6.07) is 0. The molecule has 0 aromatic heterocycles. The van der Waals surface area contributed by atoms with Gasteiger partial charge in [-0.15, -0.1) is 13.2 Å². The maximum absolute atomic E-state index is 8.55. The van der Waals surface area contributed by atoms with Gasteiger partial charge in [0, 0.05) is 13.1 Å². The zero-order chi connectivity index (χ0) is 9.40. The molecular formula is C8H14N2OS. The van der Waals surface area contributed by atoms with E-state index >= 15 is 0 Å². The Morgan fingerprint density at radius 3 is 2.25 bits per heavy atom. The fourth-order valence-corrected chi connectivity index (χ4v) is 0.945. The molecule has 68 valence electrons. The SMILES string of the molecule is C=CCN(CC=C)C(=S)NCO. The highest BCUT2D eigenvalue weighted by molar-refractivity contribution is 7.80. The van der Waals surface area contributed by atoms with Crippen LogP contribution in [0, 0.1) is 0 Å². The molecule has 0 amide bonds. The molecule has 0 unspecified atom stereocenters. The van der Waals surface area contributed by atoms with E-state index in [0.29, 0.717) is 18.2 Å². The first-order chi connectivity index (χ1) is 5.76. The molecule has 2 N–H and O–H groups in total. The van der Waals surface area contributed by atoms with Gasteiger partial charge in [0.25, 0.3) is 0 Å². The number of hydrogen-bond donors (Lipinski definition) is 2. The van der Waals surface area contributed by atoms with Gasteiger partial charge in [0.1, 0.15) is 6.73 Å². The maximum atomic E-state index is 8.55. The number of hydrogen-bond acceptors (Lipinski definition) is 2. The molecule has 0 aliphatic carbocycles. The van der Waals surface area contributed by atoms with Crippen molar-refractivity contribution in [2.75, 3.05) is 19.8 Å². The molecule has 0 fully saturated rings. The third kappa shape index (κ3) is 4.10. The average Bonchev–Trinajstić information content (AvgIpc) is 2.04. The summed E-state index contributed by atoms with van der Waals surface area (Å²) in [6.45, 7) is 8.35. The van der Waals surface area contributed by atoms with Crippen LogP contribution in [0.25, 0.3) is 0 Å². The lowest BCUT2D eigenvalue weighted by atomic mass is 10.5. The van der Waals surface area contributed by atoms with Crippen LogP contribution in [0.3, 0.4) is 0 Å². The van der Waals surface area contributed by atoms with E-state index in [1.807, 2.05) is 4.90 Å². The van der Waals surface area contributed by atoms with Crippen LogP contribution in [-0.4, -0.2) is 34.9 Å². The van der Waals surface area contributed by atoms with Crippen LogP contribution in [0.1, 0.15) is 0 Å². The molecule has 12 heavy (non-hydrogen) atoms. The minimum absolute atomic E-state index is 0.149. The summed E-state index contributed by atoms with van der Waals surface area (Å²) in [7, 11) is 0. The predicted octanol–water partition coefficient (Wildman–Crippen LogP) is 0.485. The molecule has 0 aromatic rings. The van der Waals surface area contributed by atoms with Crippen molar-refractivity contribution in [1.82, 2.24) is 10.2 Å². The normalized spacial score (nSPS) is 8.75. The third-order valence-corrected chi connectivity index (χ3v) is 1.62. The Bertz CT molecular complexity index is 160. The Labute approximate surface area is 78.4 Å². The van der Waals surface area contributed by atoms with Gasteiger partial charge < -0.3 is 15.3 Å². The van der Waals surface area contributed by atoms with Crippen molar-refractivity contribution in [1.29, 1.82) is 0 Å². The van der Waals surface area contributed by atoms with Crippen LogP contribution in [-0.2, 0) is 0 Å². The van der Waals surface area contributed by atoms with E-state index in [-0.39, 0.29) is 6.73 Å². The largest absolute Gasteiger partial charge is 0.377 e.